The summed E-state index contributed by atoms with van der Waals surface area (Å²) < 4.78 is 15.8. The number of fused-ring (bicyclic) bond motifs is 1. The van der Waals surface area contributed by atoms with Crippen LogP contribution in [0, 0.1) is 5.82 Å². The van der Waals surface area contributed by atoms with Crippen LogP contribution in [-0.4, -0.2) is 63.0 Å². The lowest BCUT2D eigenvalue weighted by Gasteiger charge is -2.34. The second-order valence-corrected chi connectivity index (χ2v) is 8.08. The van der Waals surface area contributed by atoms with Crippen molar-refractivity contribution in [1.82, 2.24) is 24.6 Å². The molecule has 0 aliphatic carbocycles. The quantitative estimate of drug-likeness (QED) is 0.511. The van der Waals surface area contributed by atoms with E-state index in [1.807, 2.05) is 12.1 Å². The number of hydrogen-bond donors (Lipinski definition) is 2. The Morgan fingerprint density at radius 2 is 1.88 bits per heavy atom. The van der Waals surface area contributed by atoms with E-state index in [4.69, 9.17) is 10.8 Å². The summed E-state index contributed by atoms with van der Waals surface area (Å²) in [6, 6.07) is 9.50. The number of benzene rings is 1. The highest BCUT2D eigenvalue weighted by molar-refractivity contribution is 5.99. The second-order valence-electron chi connectivity index (χ2n) is 8.08. The number of hydrogen-bond acceptors (Lipinski definition) is 7. The van der Waals surface area contributed by atoms with Gasteiger partial charge in [0.05, 0.1) is 11.9 Å². The van der Waals surface area contributed by atoms with Gasteiger partial charge in [-0.05, 0) is 31.3 Å². The smallest absolute Gasteiger partial charge is 0.160 e. The summed E-state index contributed by atoms with van der Waals surface area (Å²) in [5.41, 5.74) is 9.28. The van der Waals surface area contributed by atoms with Crippen molar-refractivity contribution in [3.05, 3.63) is 60.2 Å². The number of phenolic OH excluding ortho intramolecular Hbond substituents is 1. The van der Waals surface area contributed by atoms with E-state index >= 15 is 0 Å². The van der Waals surface area contributed by atoms with Gasteiger partial charge in [0.1, 0.15) is 23.1 Å². The van der Waals surface area contributed by atoms with Crippen LogP contribution in [0.15, 0.2) is 48.8 Å². The van der Waals surface area contributed by atoms with E-state index in [1.165, 1.54) is 12.1 Å². The molecule has 3 N–H and O–H groups in total. The van der Waals surface area contributed by atoms with Crippen LogP contribution in [0.25, 0.3) is 22.3 Å². The Kier molecular flexibility index (Phi) is 5.10. The summed E-state index contributed by atoms with van der Waals surface area (Å²) in [7, 11) is 2.12. The molecule has 0 amide bonds. The number of rotatable bonds is 4. The first-order chi connectivity index (χ1) is 15.5. The number of nitrogens with two attached hydrogens (primary N) is 1. The lowest BCUT2D eigenvalue weighted by Crippen LogP contribution is -2.45. The standard InChI is InChI=1S/C23H24FN7O/c1-29-7-9-30(10-8-29)22-15(3-2-5-26-22)14-31-23-20(19(25)4-6-27-23)21(28-31)16-11-17(24)13-18(32)12-16/h2-6,11-13,32H,7-10,14H2,1H3,(H2,25,27). The minimum Gasteiger partial charge on any atom is -0.508 e. The number of pyridine rings is 2. The van der Waals surface area contributed by atoms with Crippen LogP contribution in [0.5, 0.6) is 5.75 Å². The third-order valence-corrected chi connectivity index (χ3v) is 5.81. The minimum absolute atomic E-state index is 0.172. The normalized spacial score (nSPS) is 14.9. The van der Waals surface area contributed by atoms with Gasteiger partial charge in [0.15, 0.2) is 5.65 Å². The molecule has 0 radical (unpaired) electrons. The van der Waals surface area contributed by atoms with E-state index in [0.717, 1.165) is 43.6 Å². The van der Waals surface area contributed by atoms with Crippen LogP contribution in [0.3, 0.4) is 0 Å². The zero-order valence-corrected chi connectivity index (χ0v) is 17.7. The van der Waals surface area contributed by atoms with E-state index in [-0.39, 0.29) is 5.75 Å². The van der Waals surface area contributed by atoms with Gasteiger partial charge in [-0.3, -0.25) is 0 Å². The van der Waals surface area contributed by atoms with Crippen molar-refractivity contribution in [1.29, 1.82) is 0 Å². The molecule has 0 bridgehead atoms. The van der Waals surface area contributed by atoms with Crippen LogP contribution in [0.4, 0.5) is 15.9 Å². The molecule has 1 aliphatic rings. The van der Waals surface area contributed by atoms with E-state index in [0.29, 0.717) is 34.5 Å². The van der Waals surface area contributed by atoms with E-state index < -0.39 is 5.82 Å². The Balaban J connectivity index is 1.59. The molecule has 1 fully saturated rings. The second kappa shape index (κ2) is 8.08. The molecule has 5 rings (SSSR count). The van der Waals surface area contributed by atoms with E-state index in [9.17, 15) is 9.50 Å². The van der Waals surface area contributed by atoms with Crippen molar-refractivity contribution in [3.63, 3.8) is 0 Å². The summed E-state index contributed by atoms with van der Waals surface area (Å²) in [6.07, 6.45) is 3.43. The fraction of sp³-hybridized carbons (Fsp3) is 0.261. The van der Waals surface area contributed by atoms with Gasteiger partial charge in [0.25, 0.3) is 0 Å². The molecule has 1 aromatic carbocycles. The molecule has 0 spiro atoms. The Labute approximate surface area is 184 Å². The van der Waals surface area contributed by atoms with Gasteiger partial charge in [0.2, 0.25) is 0 Å². The monoisotopic (exact) mass is 433 g/mol. The molecule has 4 aromatic rings. The molecule has 0 atom stereocenters. The predicted octanol–water partition coefficient (Wildman–Crippen LogP) is 2.72. The maximum absolute atomic E-state index is 14.0. The van der Waals surface area contributed by atoms with Crippen LogP contribution in [0.2, 0.25) is 0 Å². The summed E-state index contributed by atoms with van der Waals surface area (Å²) in [5, 5.41) is 15.3. The SMILES string of the molecule is CN1CCN(c2ncccc2Cn2nc(-c3cc(O)cc(F)c3)c3c(N)ccnc32)CC1. The van der Waals surface area contributed by atoms with Gasteiger partial charge in [-0.2, -0.15) is 5.10 Å². The number of anilines is 2. The third-order valence-electron chi connectivity index (χ3n) is 5.81. The molecule has 0 unspecified atom stereocenters. The van der Waals surface area contributed by atoms with Crippen molar-refractivity contribution in [3.8, 4) is 17.0 Å². The van der Waals surface area contributed by atoms with Gasteiger partial charge in [0, 0.05) is 61.5 Å². The van der Waals surface area contributed by atoms with E-state index in [1.54, 1.807) is 23.1 Å². The van der Waals surface area contributed by atoms with Crippen molar-refractivity contribution < 1.29 is 9.50 Å². The molecule has 1 saturated heterocycles. The zero-order valence-electron chi connectivity index (χ0n) is 17.7. The molecule has 0 saturated carbocycles. The average molecular weight is 433 g/mol. The van der Waals surface area contributed by atoms with Crippen molar-refractivity contribution >= 4 is 22.5 Å². The first-order valence-electron chi connectivity index (χ1n) is 10.5. The highest BCUT2D eigenvalue weighted by atomic mass is 19.1. The minimum atomic E-state index is -0.547. The molecule has 32 heavy (non-hydrogen) atoms. The lowest BCUT2D eigenvalue weighted by atomic mass is 10.1. The number of aromatic hydroxyl groups is 1. The Morgan fingerprint density at radius 1 is 1.06 bits per heavy atom. The summed E-state index contributed by atoms with van der Waals surface area (Å²) in [5.74, 6) is 0.211. The van der Waals surface area contributed by atoms with E-state index in [2.05, 4.69) is 26.8 Å². The maximum atomic E-state index is 14.0. The van der Waals surface area contributed by atoms with Crippen LogP contribution >= 0.6 is 0 Å². The van der Waals surface area contributed by atoms with Crippen LogP contribution < -0.4 is 10.6 Å². The first-order valence-corrected chi connectivity index (χ1v) is 10.5. The first kappa shape index (κ1) is 20.2. The number of halogens is 1. The van der Waals surface area contributed by atoms with Crippen LogP contribution in [-0.2, 0) is 6.54 Å². The Bertz CT molecular complexity index is 1260. The van der Waals surface area contributed by atoms with Gasteiger partial charge in [-0.1, -0.05) is 6.07 Å². The molecular formula is C23H24FN7O. The molecular weight excluding hydrogens is 409 g/mol. The lowest BCUT2D eigenvalue weighted by molar-refractivity contribution is 0.311. The number of likely N-dealkylation sites (N-methyl/N-ethyl adjacent to an activating group) is 1. The number of nitrogens with zero attached hydrogens (tertiary/aromatic N) is 6. The molecule has 3 aromatic heterocycles. The molecule has 1 aliphatic heterocycles. The van der Waals surface area contributed by atoms with Crippen molar-refractivity contribution in [2.24, 2.45) is 0 Å². The van der Waals surface area contributed by atoms with Gasteiger partial charge in [-0.25, -0.2) is 19.0 Å². The molecule has 9 heteroatoms. The van der Waals surface area contributed by atoms with Crippen molar-refractivity contribution in [2.45, 2.75) is 6.54 Å². The number of piperazine rings is 1. The topological polar surface area (TPSA) is 96.3 Å². The third kappa shape index (κ3) is 3.71. The number of aromatic nitrogens is 4. The predicted molar refractivity (Wildman–Crippen MR) is 122 cm³/mol. The van der Waals surface area contributed by atoms with Gasteiger partial charge in [-0.15, -0.1) is 0 Å². The van der Waals surface area contributed by atoms with Crippen LogP contribution in [0.1, 0.15) is 5.56 Å². The molecule has 8 nitrogen and oxygen atoms in total. The highest BCUT2D eigenvalue weighted by Gasteiger charge is 2.21. The average Bonchev–Trinajstić information content (AvgIpc) is 3.14. The largest absolute Gasteiger partial charge is 0.508 e. The van der Waals surface area contributed by atoms with Gasteiger partial charge < -0.3 is 20.6 Å². The number of nitrogen functional groups attached to an aromatic ring is 1. The molecule has 164 valence electrons. The van der Waals surface area contributed by atoms with Gasteiger partial charge >= 0.3 is 0 Å². The summed E-state index contributed by atoms with van der Waals surface area (Å²) in [6.45, 7) is 4.20. The fourth-order valence-electron chi connectivity index (χ4n) is 4.16. The highest BCUT2D eigenvalue weighted by Crippen LogP contribution is 2.34. The maximum Gasteiger partial charge on any atom is 0.160 e. The summed E-state index contributed by atoms with van der Waals surface area (Å²) >= 11 is 0. The Hall–Kier alpha value is -3.72. The zero-order chi connectivity index (χ0) is 22.2. The number of phenols is 1. The fourth-order valence-corrected chi connectivity index (χ4v) is 4.16. The Morgan fingerprint density at radius 3 is 2.66 bits per heavy atom. The molecule has 4 heterocycles. The summed E-state index contributed by atoms with van der Waals surface area (Å²) in [4.78, 5) is 13.7. The van der Waals surface area contributed by atoms with Crippen molar-refractivity contribution in [2.75, 3.05) is 43.9 Å².